The lowest BCUT2D eigenvalue weighted by molar-refractivity contribution is 0.296. The summed E-state index contributed by atoms with van der Waals surface area (Å²) in [5.74, 6) is 0. The van der Waals surface area contributed by atoms with Crippen LogP contribution in [0.3, 0.4) is 0 Å². The van der Waals surface area contributed by atoms with Crippen LogP contribution in [-0.4, -0.2) is 36.1 Å². The molecule has 17 heavy (non-hydrogen) atoms. The zero-order valence-electron chi connectivity index (χ0n) is 10.8. The Bertz CT molecular complexity index is 250. The van der Waals surface area contributed by atoms with Gasteiger partial charge < -0.3 is 10.2 Å². The van der Waals surface area contributed by atoms with Crippen molar-refractivity contribution in [3.63, 3.8) is 0 Å². The summed E-state index contributed by atoms with van der Waals surface area (Å²) < 4.78 is 0. The van der Waals surface area contributed by atoms with Gasteiger partial charge in [-0.3, -0.25) is 0 Å². The van der Waals surface area contributed by atoms with Crippen molar-refractivity contribution in [2.75, 3.05) is 26.2 Å². The Morgan fingerprint density at radius 2 is 2.06 bits per heavy atom. The molecular formula is C12H24ClN3S. The van der Waals surface area contributed by atoms with E-state index in [0.717, 1.165) is 18.8 Å². The number of rotatable bonds is 9. The highest BCUT2D eigenvalue weighted by Crippen LogP contribution is 2.00. The number of hydrogen-bond donors (Lipinski definition) is 1. The monoisotopic (exact) mass is 277 g/mol. The third-order valence-corrected chi connectivity index (χ3v) is 3.40. The van der Waals surface area contributed by atoms with Crippen molar-refractivity contribution in [2.24, 2.45) is 0 Å². The molecule has 0 bridgehead atoms. The quantitative estimate of drug-likeness (QED) is 0.704. The fraction of sp³-hybridized carbons (Fsp3) is 0.750. The average Bonchev–Trinajstić information content (AvgIpc) is 2.81. The van der Waals surface area contributed by atoms with Crippen LogP contribution in [0.2, 0.25) is 0 Å². The van der Waals surface area contributed by atoms with Gasteiger partial charge in [0.05, 0.1) is 11.2 Å². The zero-order valence-corrected chi connectivity index (χ0v) is 12.4. The normalized spacial score (nSPS) is 10.5. The molecule has 1 rings (SSSR count). The molecule has 1 aromatic rings. The van der Waals surface area contributed by atoms with Crippen molar-refractivity contribution in [3.05, 3.63) is 16.6 Å². The number of halogens is 1. The summed E-state index contributed by atoms with van der Waals surface area (Å²) in [6.07, 6.45) is 2.53. The van der Waals surface area contributed by atoms with Gasteiger partial charge in [0.25, 0.3) is 0 Å². The first-order chi connectivity index (χ1) is 7.86. The van der Waals surface area contributed by atoms with Gasteiger partial charge in [-0.25, -0.2) is 4.98 Å². The first-order valence-corrected chi connectivity index (χ1v) is 7.11. The second-order valence-electron chi connectivity index (χ2n) is 3.89. The molecule has 1 N–H and O–H groups in total. The van der Waals surface area contributed by atoms with Gasteiger partial charge in [-0.15, -0.1) is 23.7 Å². The lowest BCUT2D eigenvalue weighted by Crippen LogP contribution is -2.25. The Morgan fingerprint density at radius 3 is 2.65 bits per heavy atom. The lowest BCUT2D eigenvalue weighted by Gasteiger charge is -2.17. The lowest BCUT2D eigenvalue weighted by atomic mass is 10.3. The summed E-state index contributed by atoms with van der Waals surface area (Å²) in [4.78, 5) is 6.71. The molecule has 0 radical (unpaired) electrons. The molecule has 0 unspecified atom stereocenters. The molecule has 0 spiro atoms. The molecule has 0 saturated heterocycles. The van der Waals surface area contributed by atoms with Crippen molar-refractivity contribution in [3.8, 4) is 0 Å². The third-order valence-electron chi connectivity index (χ3n) is 2.76. The summed E-state index contributed by atoms with van der Waals surface area (Å²) in [5, 5.41) is 5.52. The molecule has 1 aromatic heterocycles. The van der Waals surface area contributed by atoms with Crippen LogP contribution < -0.4 is 5.32 Å². The maximum absolute atomic E-state index is 4.24. The highest BCUT2D eigenvalue weighted by molar-refractivity contribution is 7.07. The van der Waals surface area contributed by atoms with Crippen LogP contribution in [0.5, 0.6) is 0 Å². The van der Waals surface area contributed by atoms with Gasteiger partial charge in [0.2, 0.25) is 0 Å². The maximum atomic E-state index is 4.24. The molecular weight excluding hydrogens is 254 g/mol. The van der Waals surface area contributed by atoms with E-state index in [1.54, 1.807) is 11.3 Å². The van der Waals surface area contributed by atoms with Crippen molar-refractivity contribution < 1.29 is 0 Å². The molecule has 0 aliphatic heterocycles. The molecule has 0 aromatic carbocycles. The van der Waals surface area contributed by atoms with E-state index < -0.39 is 0 Å². The first-order valence-electron chi connectivity index (χ1n) is 6.17. The Hall–Kier alpha value is -0.160. The molecule has 0 fully saturated rings. The predicted molar refractivity (Wildman–Crippen MR) is 78.1 cm³/mol. The van der Waals surface area contributed by atoms with Gasteiger partial charge in [-0.1, -0.05) is 13.8 Å². The molecule has 0 aliphatic carbocycles. The molecule has 0 aliphatic rings. The summed E-state index contributed by atoms with van der Waals surface area (Å²) in [6, 6.07) is 0. The fourth-order valence-electron chi connectivity index (χ4n) is 1.67. The van der Waals surface area contributed by atoms with Gasteiger partial charge in [0.15, 0.2) is 0 Å². The van der Waals surface area contributed by atoms with Gasteiger partial charge in [-0.05, 0) is 39.0 Å². The van der Waals surface area contributed by atoms with Crippen LogP contribution in [0, 0.1) is 0 Å². The zero-order chi connectivity index (χ0) is 11.6. The highest BCUT2D eigenvalue weighted by atomic mass is 35.5. The molecule has 1 heterocycles. The van der Waals surface area contributed by atoms with Crippen molar-refractivity contribution >= 4 is 23.7 Å². The van der Waals surface area contributed by atoms with E-state index in [2.05, 4.69) is 34.4 Å². The molecule has 0 atom stereocenters. The van der Waals surface area contributed by atoms with Gasteiger partial charge in [-0.2, -0.15) is 0 Å². The van der Waals surface area contributed by atoms with Gasteiger partial charge in [0.1, 0.15) is 0 Å². The Balaban J connectivity index is 0.00000256. The molecule has 0 amide bonds. The Kier molecular flexibility index (Phi) is 10.9. The largest absolute Gasteiger partial charge is 0.311 e. The van der Waals surface area contributed by atoms with Crippen molar-refractivity contribution in [1.29, 1.82) is 0 Å². The first kappa shape index (κ1) is 16.8. The van der Waals surface area contributed by atoms with E-state index in [1.807, 2.05) is 5.51 Å². The minimum Gasteiger partial charge on any atom is -0.311 e. The highest BCUT2D eigenvalue weighted by Gasteiger charge is 1.98. The van der Waals surface area contributed by atoms with Crippen LogP contribution in [0.15, 0.2) is 10.9 Å². The topological polar surface area (TPSA) is 28.2 Å². The van der Waals surface area contributed by atoms with Crippen LogP contribution in [0.4, 0.5) is 0 Å². The molecule has 0 saturated carbocycles. The third kappa shape index (κ3) is 7.71. The fourth-order valence-corrected chi connectivity index (χ4v) is 2.22. The van der Waals surface area contributed by atoms with Crippen LogP contribution >= 0.6 is 23.7 Å². The van der Waals surface area contributed by atoms with E-state index in [-0.39, 0.29) is 12.4 Å². The maximum Gasteiger partial charge on any atom is 0.0795 e. The minimum atomic E-state index is 0. The van der Waals surface area contributed by atoms with E-state index >= 15 is 0 Å². The number of aromatic nitrogens is 1. The summed E-state index contributed by atoms with van der Waals surface area (Å²) >= 11 is 1.66. The number of nitrogens with zero attached hydrogens (tertiary/aromatic N) is 2. The SMILES string of the molecule is CCN(CC)CCCCNCc1cscn1.Cl. The van der Waals surface area contributed by atoms with E-state index in [9.17, 15) is 0 Å². The number of nitrogens with one attached hydrogen (secondary N) is 1. The summed E-state index contributed by atoms with van der Waals surface area (Å²) in [6.45, 7) is 10.0. The number of hydrogen-bond acceptors (Lipinski definition) is 4. The second kappa shape index (κ2) is 11.0. The smallest absolute Gasteiger partial charge is 0.0795 e. The Labute approximate surface area is 115 Å². The molecule has 100 valence electrons. The van der Waals surface area contributed by atoms with E-state index in [1.165, 1.54) is 32.5 Å². The Morgan fingerprint density at radius 1 is 1.29 bits per heavy atom. The average molecular weight is 278 g/mol. The number of thiazole rings is 1. The molecule has 5 heteroatoms. The second-order valence-corrected chi connectivity index (χ2v) is 4.61. The van der Waals surface area contributed by atoms with Crippen LogP contribution in [0.1, 0.15) is 32.4 Å². The minimum absolute atomic E-state index is 0. The van der Waals surface area contributed by atoms with Crippen molar-refractivity contribution in [1.82, 2.24) is 15.2 Å². The predicted octanol–water partition coefficient (Wildman–Crippen LogP) is 2.78. The standard InChI is InChI=1S/C12H23N3S.ClH/c1-3-15(4-2)8-6-5-7-13-9-12-10-16-11-14-12;/h10-11,13H,3-9H2,1-2H3;1H. The summed E-state index contributed by atoms with van der Waals surface area (Å²) in [7, 11) is 0. The van der Waals surface area contributed by atoms with Gasteiger partial charge in [0, 0.05) is 11.9 Å². The van der Waals surface area contributed by atoms with Gasteiger partial charge >= 0.3 is 0 Å². The van der Waals surface area contributed by atoms with Crippen LogP contribution in [-0.2, 0) is 6.54 Å². The van der Waals surface area contributed by atoms with Crippen LogP contribution in [0.25, 0.3) is 0 Å². The molecule has 3 nitrogen and oxygen atoms in total. The van der Waals surface area contributed by atoms with E-state index in [0.29, 0.717) is 0 Å². The number of unbranched alkanes of at least 4 members (excludes halogenated alkanes) is 1. The van der Waals surface area contributed by atoms with E-state index in [4.69, 9.17) is 0 Å². The summed E-state index contributed by atoms with van der Waals surface area (Å²) in [5.41, 5.74) is 3.05. The van der Waals surface area contributed by atoms with Crippen molar-refractivity contribution in [2.45, 2.75) is 33.2 Å².